The molecule has 4 heteroatoms. The Morgan fingerprint density at radius 1 is 1.44 bits per heavy atom. The Balaban J connectivity index is 2.07. The summed E-state index contributed by atoms with van der Waals surface area (Å²) in [7, 11) is 0. The van der Waals surface area contributed by atoms with E-state index in [1.807, 2.05) is 12.1 Å². The van der Waals surface area contributed by atoms with Crippen LogP contribution in [-0.2, 0) is 4.79 Å². The van der Waals surface area contributed by atoms with Crippen LogP contribution in [0.15, 0.2) is 30.4 Å². The summed E-state index contributed by atoms with van der Waals surface area (Å²) >= 11 is 5.95. The van der Waals surface area contributed by atoms with Gasteiger partial charge in [0.2, 0.25) is 0 Å². The molecule has 0 heterocycles. The number of benzene rings is 1. The lowest BCUT2D eigenvalue weighted by molar-refractivity contribution is -0.139. The molecule has 92 valence electrons. The Labute approximate surface area is 111 Å². The molecular weight excluding hydrogens is 250 g/mol. The van der Waals surface area contributed by atoms with Crippen LogP contribution in [0.4, 0.5) is 0 Å². The fourth-order valence-corrected chi connectivity index (χ4v) is 2.07. The molecule has 1 aromatic carbocycles. The van der Waals surface area contributed by atoms with Gasteiger partial charge in [-0.3, -0.25) is 4.79 Å². The zero-order valence-electron chi connectivity index (χ0n) is 9.73. The van der Waals surface area contributed by atoms with Crippen molar-refractivity contribution in [3.63, 3.8) is 0 Å². The number of rotatable bonds is 2. The van der Waals surface area contributed by atoms with Gasteiger partial charge in [0.15, 0.2) is 0 Å². The van der Waals surface area contributed by atoms with Crippen molar-refractivity contribution in [1.82, 2.24) is 0 Å². The fraction of sp³-hybridized carbons (Fsp3) is 0.286. The van der Waals surface area contributed by atoms with E-state index in [4.69, 9.17) is 21.6 Å². The average molecular weight is 262 g/mol. The summed E-state index contributed by atoms with van der Waals surface area (Å²) in [5.74, 6) is -0.0390. The van der Waals surface area contributed by atoms with E-state index >= 15 is 0 Å². The molecule has 1 aromatic rings. The van der Waals surface area contributed by atoms with Crippen molar-refractivity contribution in [2.24, 2.45) is 5.92 Å². The summed E-state index contributed by atoms with van der Waals surface area (Å²) < 4.78 is 5.27. The number of ether oxygens (including phenoxy) is 1. The Morgan fingerprint density at radius 3 is 2.89 bits per heavy atom. The molecule has 0 fully saturated rings. The summed E-state index contributed by atoms with van der Waals surface area (Å²) in [6.07, 6.45) is 6.49. The van der Waals surface area contributed by atoms with Crippen molar-refractivity contribution in [3.05, 3.63) is 40.9 Å². The van der Waals surface area contributed by atoms with Crippen LogP contribution in [0.2, 0.25) is 5.02 Å². The van der Waals surface area contributed by atoms with Crippen LogP contribution >= 0.6 is 11.6 Å². The number of hydrogen-bond acceptors (Lipinski definition) is 3. The number of nitrogens with zero attached hydrogens (tertiary/aromatic N) is 1. The normalized spacial score (nSPS) is 18.1. The van der Waals surface area contributed by atoms with E-state index in [2.05, 4.69) is 6.08 Å². The van der Waals surface area contributed by atoms with Crippen LogP contribution in [0.5, 0.6) is 5.75 Å². The van der Waals surface area contributed by atoms with Crippen LogP contribution in [0.3, 0.4) is 0 Å². The van der Waals surface area contributed by atoms with Gasteiger partial charge in [0.1, 0.15) is 5.75 Å². The van der Waals surface area contributed by atoms with Crippen LogP contribution in [0.1, 0.15) is 24.8 Å². The number of carbonyl (C=O) groups is 1. The van der Waals surface area contributed by atoms with E-state index in [-0.39, 0.29) is 16.9 Å². The van der Waals surface area contributed by atoms with Crippen molar-refractivity contribution in [2.45, 2.75) is 19.3 Å². The third-order valence-corrected chi connectivity index (χ3v) is 3.17. The van der Waals surface area contributed by atoms with Crippen LogP contribution in [0, 0.1) is 17.2 Å². The average Bonchev–Trinajstić information content (AvgIpc) is 2.42. The maximum atomic E-state index is 11.9. The zero-order chi connectivity index (χ0) is 13.0. The number of hydrogen-bond donors (Lipinski definition) is 0. The van der Waals surface area contributed by atoms with E-state index < -0.39 is 0 Å². The van der Waals surface area contributed by atoms with E-state index in [1.165, 1.54) is 6.07 Å². The number of carbonyl (C=O) groups excluding carboxylic acids is 1. The lowest BCUT2D eigenvalue weighted by atomic mass is 9.95. The fourth-order valence-electron chi connectivity index (χ4n) is 1.85. The molecule has 2 rings (SSSR count). The summed E-state index contributed by atoms with van der Waals surface area (Å²) in [6.45, 7) is 0. The van der Waals surface area contributed by atoms with E-state index in [0.29, 0.717) is 17.7 Å². The van der Waals surface area contributed by atoms with Gasteiger partial charge >= 0.3 is 5.97 Å². The van der Waals surface area contributed by atoms with Crippen molar-refractivity contribution in [1.29, 1.82) is 5.26 Å². The number of nitriles is 1. The molecule has 0 aliphatic heterocycles. The first kappa shape index (κ1) is 12.7. The van der Waals surface area contributed by atoms with Gasteiger partial charge in [0.05, 0.1) is 22.6 Å². The van der Waals surface area contributed by atoms with Gasteiger partial charge in [-0.05, 0) is 37.5 Å². The number of esters is 1. The lowest BCUT2D eigenvalue weighted by Gasteiger charge is -2.16. The molecule has 1 unspecified atom stereocenters. The van der Waals surface area contributed by atoms with Gasteiger partial charge in [-0.25, -0.2) is 0 Å². The van der Waals surface area contributed by atoms with Crippen molar-refractivity contribution in [2.75, 3.05) is 0 Å². The molecule has 0 saturated carbocycles. The first-order valence-corrected chi connectivity index (χ1v) is 6.15. The quantitative estimate of drug-likeness (QED) is 0.465. The third-order valence-electron chi connectivity index (χ3n) is 2.87. The summed E-state index contributed by atoms with van der Waals surface area (Å²) in [5.41, 5.74) is 0.445. The summed E-state index contributed by atoms with van der Waals surface area (Å²) in [4.78, 5) is 11.9. The maximum Gasteiger partial charge on any atom is 0.314 e. The highest BCUT2D eigenvalue weighted by Gasteiger charge is 2.21. The Kier molecular flexibility index (Phi) is 4.01. The van der Waals surface area contributed by atoms with Gasteiger partial charge in [0.25, 0.3) is 0 Å². The minimum atomic E-state index is -0.258. The standard InChI is InChI=1S/C14H12ClNO2/c15-12-8-10(9-16)6-7-13(12)18-14(17)11-4-2-1-3-5-11/h1-2,6-8,11H,3-5H2. The van der Waals surface area contributed by atoms with E-state index in [9.17, 15) is 4.79 Å². The highest BCUT2D eigenvalue weighted by atomic mass is 35.5. The van der Waals surface area contributed by atoms with Crippen LogP contribution in [-0.4, -0.2) is 5.97 Å². The van der Waals surface area contributed by atoms with Gasteiger partial charge in [-0.15, -0.1) is 0 Å². The van der Waals surface area contributed by atoms with E-state index in [1.54, 1.807) is 12.1 Å². The molecule has 0 spiro atoms. The smallest absolute Gasteiger partial charge is 0.314 e. The van der Waals surface area contributed by atoms with Crippen molar-refractivity contribution < 1.29 is 9.53 Å². The largest absolute Gasteiger partial charge is 0.425 e. The first-order valence-electron chi connectivity index (χ1n) is 5.77. The second-order valence-electron chi connectivity index (χ2n) is 4.16. The molecule has 3 nitrogen and oxygen atoms in total. The Bertz CT molecular complexity index is 531. The Morgan fingerprint density at radius 2 is 2.28 bits per heavy atom. The van der Waals surface area contributed by atoms with E-state index in [0.717, 1.165) is 12.8 Å². The Hall–Kier alpha value is -1.79. The summed E-state index contributed by atoms with van der Waals surface area (Å²) in [5, 5.41) is 9.00. The highest BCUT2D eigenvalue weighted by molar-refractivity contribution is 6.32. The van der Waals surface area contributed by atoms with Crippen molar-refractivity contribution >= 4 is 17.6 Å². The summed E-state index contributed by atoms with van der Waals surface area (Å²) in [6, 6.07) is 6.60. The number of halogens is 1. The molecule has 1 aliphatic rings. The second kappa shape index (κ2) is 5.70. The first-order chi connectivity index (χ1) is 8.70. The molecule has 0 saturated heterocycles. The predicted molar refractivity (Wildman–Crippen MR) is 68.3 cm³/mol. The second-order valence-corrected chi connectivity index (χ2v) is 4.57. The van der Waals surface area contributed by atoms with Gasteiger partial charge < -0.3 is 4.74 Å². The molecule has 18 heavy (non-hydrogen) atoms. The molecule has 1 aliphatic carbocycles. The lowest BCUT2D eigenvalue weighted by Crippen LogP contribution is -2.21. The molecule has 0 aromatic heterocycles. The van der Waals surface area contributed by atoms with Crippen LogP contribution < -0.4 is 4.74 Å². The van der Waals surface area contributed by atoms with Crippen LogP contribution in [0.25, 0.3) is 0 Å². The third kappa shape index (κ3) is 2.91. The molecule has 0 amide bonds. The zero-order valence-corrected chi connectivity index (χ0v) is 10.5. The molecule has 0 bridgehead atoms. The molecule has 0 radical (unpaired) electrons. The number of allylic oxidation sites excluding steroid dienone is 2. The van der Waals surface area contributed by atoms with Gasteiger partial charge in [-0.2, -0.15) is 5.26 Å². The molecule has 1 atom stereocenters. The topological polar surface area (TPSA) is 50.1 Å². The predicted octanol–water partition coefficient (Wildman–Crippen LogP) is 3.47. The van der Waals surface area contributed by atoms with Crippen molar-refractivity contribution in [3.8, 4) is 11.8 Å². The minimum absolute atomic E-state index is 0.0956. The minimum Gasteiger partial charge on any atom is -0.425 e. The maximum absolute atomic E-state index is 11.9. The SMILES string of the molecule is N#Cc1ccc(OC(=O)C2CC=CCC2)c(Cl)c1. The molecule has 0 N–H and O–H groups in total. The monoisotopic (exact) mass is 261 g/mol. The molecular formula is C14H12ClNO2. The highest BCUT2D eigenvalue weighted by Crippen LogP contribution is 2.27. The van der Waals surface area contributed by atoms with Gasteiger partial charge in [-0.1, -0.05) is 23.8 Å². The van der Waals surface area contributed by atoms with Gasteiger partial charge in [0, 0.05) is 0 Å².